The summed E-state index contributed by atoms with van der Waals surface area (Å²) < 4.78 is 13.2. The van der Waals surface area contributed by atoms with Crippen molar-refractivity contribution in [3.63, 3.8) is 0 Å². The molecule has 5 heteroatoms. The van der Waals surface area contributed by atoms with Crippen LogP contribution < -0.4 is 4.74 Å². The van der Waals surface area contributed by atoms with Crippen molar-refractivity contribution in [1.29, 1.82) is 0 Å². The van der Waals surface area contributed by atoms with Crippen LogP contribution in [0.15, 0.2) is 34.7 Å². The number of benzene rings is 1. The highest BCUT2D eigenvalue weighted by atomic mass is 35.5. The van der Waals surface area contributed by atoms with Crippen molar-refractivity contribution in [3.8, 4) is 5.75 Å². The van der Waals surface area contributed by atoms with Crippen LogP contribution in [-0.2, 0) is 5.88 Å². The van der Waals surface area contributed by atoms with Gasteiger partial charge in [0.25, 0.3) is 0 Å². The zero-order valence-electron chi connectivity index (χ0n) is 12.3. The van der Waals surface area contributed by atoms with Crippen LogP contribution in [0, 0.1) is 6.92 Å². The number of fused-ring (bicyclic) bond motifs is 1. The minimum absolute atomic E-state index is 0.0181. The van der Waals surface area contributed by atoms with Crippen molar-refractivity contribution < 1.29 is 9.15 Å². The third-order valence-electron chi connectivity index (χ3n) is 3.65. The second kappa shape index (κ2) is 5.45. The second-order valence-corrected chi connectivity index (χ2v) is 5.28. The van der Waals surface area contributed by atoms with Crippen LogP contribution in [-0.4, -0.2) is 16.7 Å². The Hall–Kier alpha value is -1.94. The number of hydrogen-bond donors (Lipinski definition) is 0. The molecule has 3 aromatic rings. The molecule has 21 heavy (non-hydrogen) atoms. The molecule has 3 rings (SSSR count). The van der Waals surface area contributed by atoms with Gasteiger partial charge in [0.15, 0.2) is 0 Å². The Bertz CT molecular complexity index is 776. The van der Waals surface area contributed by atoms with Crippen LogP contribution in [0.4, 0.5) is 0 Å². The zero-order valence-corrected chi connectivity index (χ0v) is 13.0. The van der Waals surface area contributed by atoms with Crippen LogP contribution in [0.1, 0.15) is 30.3 Å². The fourth-order valence-electron chi connectivity index (χ4n) is 2.58. The number of halogens is 1. The van der Waals surface area contributed by atoms with E-state index in [2.05, 4.69) is 16.5 Å². The van der Waals surface area contributed by atoms with Crippen molar-refractivity contribution >= 4 is 22.6 Å². The molecule has 0 aliphatic heterocycles. The third-order valence-corrected chi connectivity index (χ3v) is 3.89. The molecule has 2 heterocycles. The van der Waals surface area contributed by atoms with Gasteiger partial charge in [0.2, 0.25) is 0 Å². The number of hydrogen-bond acceptors (Lipinski definition) is 3. The van der Waals surface area contributed by atoms with Gasteiger partial charge in [-0.15, -0.1) is 11.6 Å². The van der Waals surface area contributed by atoms with Crippen molar-refractivity contribution in [3.05, 3.63) is 47.7 Å². The number of furan rings is 1. The normalized spacial score (nSPS) is 12.8. The van der Waals surface area contributed by atoms with Crippen LogP contribution in [0.5, 0.6) is 5.75 Å². The van der Waals surface area contributed by atoms with Gasteiger partial charge < -0.3 is 13.7 Å². The van der Waals surface area contributed by atoms with Gasteiger partial charge in [-0.25, -0.2) is 4.98 Å². The standard InChI is InChI=1S/C16H17ClN2O2/c1-10-4-7-15(21-10)11(2)19-14-8-12(20-3)5-6-13(14)18-16(19)9-17/h4-8,11H,9H2,1-3H3. The molecule has 0 spiro atoms. The summed E-state index contributed by atoms with van der Waals surface area (Å²) in [7, 11) is 1.66. The maximum absolute atomic E-state index is 6.07. The van der Waals surface area contributed by atoms with E-state index in [-0.39, 0.29) is 6.04 Å². The Morgan fingerprint density at radius 1 is 1.33 bits per heavy atom. The molecule has 0 fully saturated rings. The van der Waals surface area contributed by atoms with Crippen LogP contribution in [0.25, 0.3) is 11.0 Å². The number of ether oxygens (including phenoxy) is 1. The van der Waals surface area contributed by atoms with E-state index in [1.165, 1.54) is 0 Å². The average molecular weight is 305 g/mol. The summed E-state index contributed by atoms with van der Waals surface area (Å²) in [5, 5.41) is 0. The fraction of sp³-hybridized carbons (Fsp3) is 0.312. The van der Waals surface area contributed by atoms with E-state index in [9.17, 15) is 0 Å². The largest absolute Gasteiger partial charge is 0.497 e. The molecular formula is C16H17ClN2O2. The first-order chi connectivity index (χ1) is 10.1. The summed E-state index contributed by atoms with van der Waals surface area (Å²) in [6.07, 6.45) is 0. The van der Waals surface area contributed by atoms with Gasteiger partial charge in [-0.2, -0.15) is 0 Å². The second-order valence-electron chi connectivity index (χ2n) is 5.01. The highest BCUT2D eigenvalue weighted by Gasteiger charge is 2.19. The van der Waals surface area contributed by atoms with Gasteiger partial charge in [0.05, 0.1) is 30.1 Å². The van der Waals surface area contributed by atoms with E-state index >= 15 is 0 Å². The summed E-state index contributed by atoms with van der Waals surface area (Å²) in [4.78, 5) is 4.59. The Balaban J connectivity index is 2.18. The number of nitrogens with zero attached hydrogens (tertiary/aromatic N) is 2. The summed E-state index contributed by atoms with van der Waals surface area (Å²) in [5.41, 5.74) is 1.90. The van der Waals surface area contributed by atoms with Crippen molar-refractivity contribution in [2.24, 2.45) is 0 Å². The maximum Gasteiger partial charge on any atom is 0.126 e. The highest BCUT2D eigenvalue weighted by Crippen LogP contribution is 2.30. The maximum atomic E-state index is 6.07. The molecule has 0 bridgehead atoms. The number of alkyl halides is 1. The van der Waals surface area contributed by atoms with E-state index in [0.717, 1.165) is 34.1 Å². The molecule has 0 aliphatic carbocycles. The van der Waals surface area contributed by atoms with E-state index in [0.29, 0.717) is 5.88 Å². The Kier molecular flexibility index (Phi) is 3.64. The summed E-state index contributed by atoms with van der Waals surface area (Å²) in [6.45, 7) is 4.02. The van der Waals surface area contributed by atoms with Crippen molar-refractivity contribution in [1.82, 2.24) is 9.55 Å². The summed E-state index contributed by atoms with van der Waals surface area (Å²) in [5.74, 6) is 3.75. The lowest BCUT2D eigenvalue weighted by Crippen LogP contribution is -2.09. The topological polar surface area (TPSA) is 40.2 Å². The van der Waals surface area contributed by atoms with Crippen LogP contribution in [0.3, 0.4) is 0 Å². The lowest BCUT2D eigenvalue weighted by molar-refractivity contribution is 0.414. The molecule has 0 aliphatic rings. The van der Waals surface area contributed by atoms with Crippen molar-refractivity contribution in [2.75, 3.05) is 7.11 Å². The van der Waals surface area contributed by atoms with Gasteiger partial charge in [-0.05, 0) is 38.1 Å². The van der Waals surface area contributed by atoms with Crippen molar-refractivity contribution in [2.45, 2.75) is 25.8 Å². The number of imidazole rings is 1. The molecule has 2 aromatic heterocycles. The summed E-state index contributed by atoms with van der Waals surface area (Å²) in [6, 6.07) is 9.80. The van der Waals surface area contributed by atoms with Gasteiger partial charge in [0, 0.05) is 6.07 Å². The monoisotopic (exact) mass is 304 g/mol. The predicted octanol–water partition coefficient (Wildman–Crippen LogP) is 4.29. The fourth-order valence-corrected chi connectivity index (χ4v) is 2.77. The van der Waals surface area contributed by atoms with Gasteiger partial charge in [-0.3, -0.25) is 0 Å². The minimum atomic E-state index is 0.0181. The average Bonchev–Trinajstić information content (AvgIpc) is 3.08. The van der Waals surface area contributed by atoms with E-state index in [1.54, 1.807) is 7.11 Å². The molecule has 0 saturated heterocycles. The quantitative estimate of drug-likeness (QED) is 0.675. The third kappa shape index (κ3) is 2.40. The van der Waals surface area contributed by atoms with E-state index < -0.39 is 0 Å². The Morgan fingerprint density at radius 3 is 2.76 bits per heavy atom. The molecular weight excluding hydrogens is 288 g/mol. The first-order valence-electron chi connectivity index (χ1n) is 6.81. The summed E-state index contributed by atoms with van der Waals surface area (Å²) >= 11 is 6.07. The smallest absolute Gasteiger partial charge is 0.126 e. The molecule has 1 unspecified atom stereocenters. The molecule has 0 radical (unpaired) electrons. The number of rotatable bonds is 4. The zero-order chi connectivity index (χ0) is 15.0. The SMILES string of the molecule is COc1ccc2nc(CCl)n(C(C)c3ccc(C)o3)c2c1. The Morgan fingerprint density at radius 2 is 2.14 bits per heavy atom. The lowest BCUT2D eigenvalue weighted by atomic mass is 10.2. The molecule has 0 amide bonds. The lowest BCUT2D eigenvalue weighted by Gasteiger charge is -2.15. The predicted molar refractivity (Wildman–Crippen MR) is 83.1 cm³/mol. The highest BCUT2D eigenvalue weighted by molar-refractivity contribution is 6.16. The molecule has 4 nitrogen and oxygen atoms in total. The number of aryl methyl sites for hydroxylation is 1. The van der Waals surface area contributed by atoms with E-state index in [1.807, 2.05) is 37.3 Å². The molecule has 1 atom stereocenters. The molecule has 1 aromatic carbocycles. The Labute approximate surface area is 128 Å². The van der Waals surface area contributed by atoms with Gasteiger partial charge in [-0.1, -0.05) is 0 Å². The van der Waals surface area contributed by atoms with Gasteiger partial charge >= 0.3 is 0 Å². The molecule has 0 saturated carbocycles. The van der Waals surface area contributed by atoms with Crippen LogP contribution >= 0.6 is 11.6 Å². The first-order valence-corrected chi connectivity index (χ1v) is 7.34. The molecule has 0 N–H and O–H groups in total. The van der Waals surface area contributed by atoms with Gasteiger partial charge in [0.1, 0.15) is 23.1 Å². The number of methoxy groups -OCH3 is 1. The number of aromatic nitrogens is 2. The van der Waals surface area contributed by atoms with Crippen LogP contribution in [0.2, 0.25) is 0 Å². The first kappa shape index (κ1) is 14.0. The minimum Gasteiger partial charge on any atom is -0.497 e. The molecule has 110 valence electrons. The van der Waals surface area contributed by atoms with E-state index in [4.69, 9.17) is 20.8 Å².